The number of nitrogens with zero attached hydrogens (tertiary/aromatic N) is 3. The first kappa shape index (κ1) is 13.5. The van der Waals surface area contributed by atoms with Crippen LogP contribution in [0.15, 0.2) is 35.9 Å². The molecule has 5 heteroatoms. The van der Waals surface area contributed by atoms with E-state index in [-0.39, 0.29) is 0 Å². The summed E-state index contributed by atoms with van der Waals surface area (Å²) in [6, 6.07) is 6.37. The van der Waals surface area contributed by atoms with Crippen molar-refractivity contribution in [3.8, 4) is 0 Å². The molecular weight excluding hydrogens is 268 g/mol. The van der Waals surface area contributed by atoms with Gasteiger partial charge in [-0.05, 0) is 42.3 Å². The highest BCUT2D eigenvalue weighted by Crippen LogP contribution is 2.27. The predicted octanol–water partition coefficient (Wildman–Crippen LogP) is 3.26. The van der Waals surface area contributed by atoms with Gasteiger partial charge in [-0.15, -0.1) is 0 Å². The third kappa shape index (κ3) is 2.83. The summed E-state index contributed by atoms with van der Waals surface area (Å²) >= 11 is 1.78. The van der Waals surface area contributed by atoms with Crippen molar-refractivity contribution in [2.75, 3.05) is 31.1 Å². The predicted molar refractivity (Wildman–Crippen MR) is 86.9 cm³/mol. The molecule has 2 heterocycles. The second kappa shape index (κ2) is 5.89. The molecule has 0 bridgehead atoms. The van der Waals surface area contributed by atoms with Crippen LogP contribution in [0.2, 0.25) is 0 Å². The maximum absolute atomic E-state index is 4.16. The monoisotopic (exact) mass is 288 g/mol. The van der Waals surface area contributed by atoms with Crippen molar-refractivity contribution in [2.45, 2.75) is 13.3 Å². The maximum Gasteiger partial charge on any atom is 0.0671 e. The number of hydrogen-bond donors (Lipinski definition) is 1. The number of aromatic amines is 1. The summed E-state index contributed by atoms with van der Waals surface area (Å²) in [7, 11) is 0. The largest absolute Gasteiger partial charge is 0.370 e. The molecule has 1 aromatic carbocycles. The van der Waals surface area contributed by atoms with Gasteiger partial charge in [0.15, 0.2) is 0 Å². The van der Waals surface area contributed by atoms with E-state index in [0.717, 1.165) is 36.6 Å². The molecule has 1 aliphatic rings. The second-order valence-electron chi connectivity index (χ2n) is 5.17. The van der Waals surface area contributed by atoms with Crippen molar-refractivity contribution in [2.24, 2.45) is 0 Å². The summed E-state index contributed by atoms with van der Waals surface area (Å²) < 4.78 is 2.41. The normalized spacial score (nSPS) is 17.4. The lowest BCUT2D eigenvalue weighted by Gasteiger charge is -2.24. The average Bonchev–Trinajstić information content (AvgIpc) is 2.79. The molecule has 1 N–H and O–H groups in total. The molecule has 2 aromatic rings. The van der Waals surface area contributed by atoms with Crippen LogP contribution in [-0.2, 0) is 0 Å². The summed E-state index contributed by atoms with van der Waals surface area (Å²) in [6.07, 6.45) is 3.10. The first-order valence-electron chi connectivity index (χ1n) is 6.99. The molecule has 0 spiro atoms. The van der Waals surface area contributed by atoms with E-state index in [1.54, 1.807) is 11.9 Å². The molecule has 4 nitrogen and oxygen atoms in total. The Morgan fingerprint density at radius 3 is 3.05 bits per heavy atom. The standard InChI is InChI=1S/C15H20N4S/c1-12(2)20-19-8-4-7-18(9-10-19)15-6-3-5-14-13(15)11-16-17-14/h3,5-6,11H,1,4,7-10H2,2H3,(H,16,17). The Morgan fingerprint density at radius 1 is 1.30 bits per heavy atom. The van der Waals surface area contributed by atoms with E-state index in [1.807, 2.05) is 6.20 Å². The fourth-order valence-electron chi connectivity index (χ4n) is 2.67. The topological polar surface area (TPSA) is 35.2 Å². The number of fused-ring (bicyclic) bond motifs is 1. The van der Waals surface area contributed by atoms with Crippen LogP contribution in [0.4, 0.5) is 5.69 Å². The van der Waals surface area contributed by atoms with Gasteiger partial charge in [-0.25, -0.2) is 4.31 Å². The average molecular weight is 288 g/mol. The summed E-state index contributed by atoms with van der Waals surface area (Å²) in [4.78, 5) is 3.63. The van der Waals surface area contributed by atoms with Crippen LogP contribution in [0.3, 0.4) is 0 Å². The zero-order chi connectivity index (χ0) is 13.9. The number of aromatic nitrogens is 2. The highest BCUT2D eigenvalue weighted by Gasteiger charge is 2.17. The summed E-state index contributed by atoms with van der Waals surface area (Å²) in [5.41, 5.74) is 2.40. The van der Waals surface area contributed by atoms with Gasteiger partial charge in [0.25, 0.3) is 0 Å². The Balaban J connectivity index is 1.78. The van der Waals surface area contributed by atoms with E-state index >= 15 is 0 Å². The third-order valence-corrected chi connectivity index (χ3v) is 4.48. The van der Waals surface area contributed by atoms with E-state index in [9.17, 15) is 0 Å². The summed E-state index contributed by atoms with van der Waals surface area (Å²) in [5, 5.41) is 8.42. The van der Waals surface area contributed by atoms with Crippen molar-refractivity contribution in [1.82, 2.24) is 14.5 Å². The van der Waals surface area contributed by atoms with Gasteiger partial charge in [0, 0.05) is 37.3 Å². The molecule has 0 radical (unpaired) electrons. The molecule has 0 unspecified atom stereocenters. The molecule has 0 atom stereocenters. The van der Waals surface area contributed by atoms with Gasteiger partial charge in [0.1, 0.15) is 0 Å². The van der Waals surface area contributed by atoms with Crippen molar-refractivity contribution in [1.29, 1.82) is 0 Å². The molecule has 0 saturated carbocycles. The Morgan fingerprint density at radius 2 is 2.20 bits per heavy atom. The van der Waals surface area contributed by atoms with Crippen LogP contribution in [0.25, 0.3) is 10.9 Å². The minimum atomic E-state index is 1.05. The smallest absolute Gasteiger partial charge is 0.0671 e. The maximum atomic E-state index is 4.16. The lowest BCUT2D eigenvalue weighted by Crippen LogP contribution is -2.28. The highest BCUT2D eigenvalue weighted by molar-refractivity contribution is 8.00. The molecule has 106 valence electrons. The number of anilines is 1. The van der Waals surface area contributed by atoms with Gasteiger partial charge < -0.3 is 4.90 Å². The summed E-state index contributed by atoms with van der Waals surface area (Å²) in [5.74, 6) is 0. The zero-order valence-electron chi connectivity index (χ0n) is 11.8. The number of hydrogen-bond acceptors (Lipinski definition) is 4. The molecule has 20 heavy (non-hydrogen) atoms. The fraction of sp³-hybridized carbons (Fsp3) is 0.400. The van der Waals surface area contributed by atoms with Gasteiger partial charge in [0.05, 0.1) is 11.7 Å². The van der Waals surface area contributed by atoms with Crippen LogP contribution in [0, 0.1) is 0 Å². The Kier molecular flexibility index (Phi) is 3.98. The third-order valence-electron chi connectivity index (χ3n) is 3.54. The molecule has 1 fully saturated rings. The molecule has 1 aliphatic heterocycles. The zero-order valence-corrected chi connectivity index (χ0v) is 12.6. The van der Waals surface area contributed by atoms with E-state index < -0.39 is 0 Å². The summed E-state index contributed by atoms with van der Waals surface area (Å²) in [6.45, 7) is 10.4. The fourth-order valence-corrected chi connectivity index (χ4v) is 3.51. The minimum Gasteiger partial charge on any atom is -0.370 e. The Hall–Kier alpha value is -1.46. The van der Waals surface area contributed by atoms with Crippen molar-refractivity contribution in [3.63, 3.8) is 0 Å². The van der Waals surface area contributed by atoms with Crippen LogP contribution < -0.4 is 4.90 Å². The van der Waals surface area contributed by atoms with E-state index in [2.05, 4.69) is 51.1 Å². The van der Waals surface area contributed by atoms with Crippen molar-refractivity contribution < 1.29 is 0 Å². The van der Waals surface area contributed by atoms with Crippen LogP contribution in [0.1, 0.15) is 13.3 Å². The molecule has 1 aromatic heterocycles. The SMILES string of the molecule is C=C(C)SN1CCCN(c2cccc3[nH]ncc23)CC1. The van der Waals surface area contributed by atoms with E-state index in [0.29, 0.717) is 0 Å². The molecular formula is C15H20N4S. The van der Waals surface area contributed by atoms with Gasteiger partial charge in [0.2, 0.25) is 0 Å². The Bertz CT molecular complexity index is 607. The van der Waals surface area contributed by atoms with Gasteiger partial charge in [-0.2, -0.15) is 5.10 Å². The van der Waals surface area contributed by atoms with Gasteiger partial charge in [-0.3, -0.25) is 5.10 Å². The molecule has 0 aliphatic carbocycles. The van der Waals surface area contributed by atoms with Crippen LogP contribution in [-0.4, -0.2) is 40.7 Å². The molecule has 0 amide bonds. The quantitative estimate of drug-likeness (QED) is 0.879. The highest BCUT2D eigenvalue weighted by atomic mass is 32.2. The second-order valence-corrected chi connectivity index (χ2v) is 6.57. The number of benzene rings is 1. The van der Waals surface area contributed by atoms with E-state index in [1.165, 1.54) is 17.5 Å². The van der Waals surface area contributed by atoms with Gasteiger partial charge in [-0.1, -0.05) is 12.6 Å². The van der Waals surface area contributed by atoms with Crippen molar-refractivity contribution >= 4 is 28.5 Å². The van der Waals surface area contributed by atoms with Gasteiger partial charge >= 0.3 is 0 Å². The van der Waals surface area contributed by atoms with E-state index in [4.69, 9.17) is 0 Å². The van der Waals surface area contributed by atoms with Crippen molar-refractivity contribution in [3.05, 3.63) is 35.9 Å². The number of allylic oxidation sites excluding steroid dienone is 1. The lowest BCUT2D eigenvalue weighted by molar-refractivity contribution is 0.506. The first-order valence-corrected chi connectivity index (χ1v) is 7.77. The molecule has 1 saturated heterocycles. The number of nitrogens with one attached hydrogen (secondary N) is 1. The minimum absolute atomic E-state index is 1.05. The number of rotatable bonds is 3. The van der Waals surface area contributed by atoms with Crippen LogP contribution >= 0.6 is 11.9 Å². The Labute approximate surface area is 124 Å². The lowest BCUT2D eigenvalue weighted by atomic mass is 10.2. The number of H-pyrrole nitrogens is 1. The molecule has 3 rings (SSSR count). The first-order chi connectivity index (χ1) is 9.74. The van der Waals surface area contributed by atoms with Crippen LogP contribution in [0.5, 0.6) is 0 Å².